The van der Waals surface area contributed by atoms with E-state index in [0.717, 1.165) is 16.7 Å². The van der Waals surface area contributed by atoms with Gasteiger partial charge in [-0.1, -0.05) is 12.1 Å². The van der Waals surface area contributed by atoms with Crippen molar-refractivity contribution in [2.75, 3.05) is 12.0 Å². The Morgan fingerprint density at radius 3 is 2.33 bits per heavy atom. The third-order valence-electron chi connectivity index (χ3n) is 4.82. The minimum absolute atomic E-state index is 0.379. The Kier molecular flexibility index (Phi) is 4.74. The lowest BCUT2D eigenvalue weighted by Gasteiger charge is -2.39. The molecule has 1 heterocycles. The largest absolute Gasteiger partial charge is 0.496 e. The molecule has 0 spiro atoms. The third-order valence-corrected chi connectivity index (χ3v) is 4.82. The van der Waals surface area contributed by atoms with Gasteiger partial charge in [0.25, 0.3) is 5.91 Å². The Balaban J connectivity index is 2.04. The Labute approximate surface area is 157 Å². The van der Waals surface area contributed by atoms with Crippen molar-refractivity contribution >= 4 is 23.3 Å². The second-order valence-electron chi connectivity index (χ2n) is 6.65. The fourth-order valence-corrected chi connectivity index (χ4v) is 3.18. The number of hydrogen-bond acceptors (Lipinski definition) is 5. The minimum atomic E-state index is -0.751. The second-order valence-corrected chi connectivity index (χ2v) is 6.65. The van der Waals surface area contributed by atoms with Crippen molar-refractivity contribution in [2.24, 2.45) is 0 Å². The predicted octanol–water partition coefficient (Wildman–Crippen LogP) is 3.20. The zero-order chi connectivity index (χ0) is 19.9. The Hall–Kier alpha value is -3.15. The van der Waals surface area contributed by atoms with E-state index < -0.39 is 23.7 Å². The molecule has 2 aromatic rings. The van der Waals surface area contributed by atoms with E-state index in [1.165, 1.54) is 11.8 Å². The summed E-state index contributed by atoms with van der Waals surface area (Å²) in [5.74, 6) is -0.475. The average molecular weight is 367 g/mol. The highest BCUT2D eigenvalue weighted by Gasteiger charge is 2.48. The van der Waals surface area contributed by atoms with Crippen molar-refractivity contribution in [1.82, 2.24) is 0 Å². The molecule has 6 nitrogen and oxygen atoms in total. The van der Waals surface area contributed by atoms with Crippen LogP contribution in [-0.2, 0) is 14.4 Å². The Bertz CT molecular complexity index is 963. The number of ketones is 1. The molecule has 2 aromatic carbocycles. The fourth-order valence-electron chi connectivity index (χ4n) is 3.18. The fraction of sp³-hybridized carbons (Fsp3) is 0.286. The maximum atomic E-state index is 12.3. The summed E-state index contributed by atoms with van der Waals surface area (Å²) in [6.45, 7) is 6.98. The number of ether oxygens (including phenoxy) is 2. The molecule has 0 N–H and O–H groups in total. The van der Waals surface area contributed by atoms with Gasteiger partial charge in [0.05, 0.1) is 7.11 Å². The molecule has 0 aliphatic carbocycles. The number of β-lactam (4-membered cyclic amide) rings is 1. The van der Waals surface area contributed by atoms with Crippen LogP contribution in [0.4, 0.5) is 5.69 Å². The van der Waals surface area contributed by atoms with Gasteiger partial charge < -0.3 is 9.47 Å². The van der Waals surface area contributed by atoms with Crippen molar-refractivity contribution in [2.45, 2.75) is 33.7 Å². The summed E-state index contributed by atoms with van der Waals surface area (Å²) in [7, 11) is 1.57. The van der Waals surface area contributed by atoms with Crippen LogP contribution in [0.3, 0.4) is 0 Å². The van der Waals surface area contributed by atoms with Crippen LogP contribution in [0, 0.1) is 20.8 Å². The van der Waals surface area contributed by atoms with Gasteiger partial charge >= 0.3 is 5.97 Å². The molecule has 1 aliphatic rings. The van der Waals surface area contributed by atoms with Crippen LogP contribution in [0.5, 0.6) is 11.5 Å². The van der Waals surface area contributed by atoms with Gasteiger partial charge in [-0.2, -0.15) is 0 Å². The van der Waals surface area contributed by atoms with E-state index in [1.807, 2.05) is 26.8 Å². The van der Waals surface area contributed by atoms with Crippen molar-refractivity contribution < 1.29 is 23.9 Å². The molecule has 1 aliphatic heterocycles. The number of methoxy groups -OCH3 is 1. The van der Waals surface area contributed by atoms with E-state index in [9.17, 15) is 14.4 Å². The molecule has 0 unspecified atom stereocenters. The number of amides is 1. The molecule has 0 saturated carbocycles. The highest BCUT2D eigenvalue weighted by molar-refractivity contribution is 6.51. The zero-order valence-corrected chi connectivity index (χ0v) is 16.0. The number of esters is 1. The molecule has 1 atom stereocenters. The van der Waals surface area contributed by atoms with E-state index in [1.54, 1.807) is 31.4 Å². The molecule has 3 rings (SSSR count). The third kappa shape index (κ3) is 3.18. The Morgan fingerprint density at radius 1 is 1.00 bits per heavy atom. The molecule has 1 fully saturated rings. The lowest BCUT2D eigenvalue weighted by Crippen LogP contribution is -2.56. The van der Waals surface area contributed by atoms with Gasteiger partial charge in [0.15, 0.2) is 0 Å². The summed E-state index contributed by atoms with van der Waals surface area (Å²) in [4.78, 5) is 37.4. The molecule has 27 heavy (non-hydrogen) atoms. The van der Waals surface area contributed by atoms with Gasteiger partial charge in [0.1, 0.15) is 17.5 Å². The maximum absolute atomic E-state index is 12.3. The van der Waals surface area contributed by atoms with E-state index >= 15 is 0 Å². The first-order valence-corrected chi connectivity index (χ1v) is 8.56. The van der Waals surface area contributed by atoms with E-state index in [4.69, 9.17) is 9.47 Å². The maximum Gasteiger partial charge on any atom is 0.308 e. The minimum Gasteiger partial charge on any atom is -0.496 e. The average Bonchev–Trinajstić information content (AvgIpc) is 2.62. The van der Waals surface area contributed by atoms with Gasteiger partial charge in [0.2, 0.25) is 5.78 Å². The Morgan fingerprint density at radius 2 is 1.70 bits per heavy atom. The first-order chi connectivity index (χ1) is 12.7. The highest BCUT2D eigenvalue weighted by atomic mass is 16.5. The van der Waals surface area contributed by atoms with Crippen LogP contribution in [0.2, 0.25) is 0 Å². The number of aryl methyl sites for hydroxylation is 2. The van der Waals surface area contributed by atoms with Gasteiger partial charge in [-0.15, -0.1) is 0 Å². The van der Waals surface area contributed by atoms with E-state index in [0.29, 0.717) is 22.7 Å². The lowest BCUT2D eigenvalue weighted by molar-refractivity contribution is -0.143. The quantitative estimate of drug-likeness (QED) is 0.359. The van der Waals surface area contributed by atoms with Crippen LogP contribution in [-0.4, -0.2) is 24.8 Å². The molecular formula is C21H21NO5. The monoisotopic (exact) mass is 367 g/mol. The van der Waals surface area contributed by atoms with Crippen molar-refractivity contribution in [1.29, 1.82) is 0 Å². The number of hydrogen-bond donors (Lipinski definition) is 0. The summed E-state index contributed by atoms with van der Waals surface area (Å²) in [5, 5.41) is 0. The number of anilines is 1. The topological polar surface area (TPSA) is 72.9 Å². The van der Waals surface area contributed by atoms with Crippen molar-refractivity contribution in [3.8, 4) is 11.5 Å². The van der Waals surface area contributed by atoms with Crippen LogP contribution in [0.25, 0.3) is 0 Å². The first-order valence-electron chi connectivity index (χ1n) is 8.56. The zero-order valence-electron chi connectivity index (χ0n) is 16.0. The normalized spacial score (nSPS) is 16.2. The van der Waals surface area contributed by atoms with Crippen molar-refractivity contribution in [3.05, 3.63) is 52.6 Å². The molecule has 6 heteroatoms. The van der Waals surface area contributed by atoms with Gasteiger partial charge in [-0.05, 0) is 55.2 Å². The van der Waals surface area contributed by atoms with E-state index in [2.05, 4.69) is 0 Å². The van der Waals surface area contributed by atoms with E-state index in [-0.39, 0.29) is 0 Å². The number of carbonyl (C=O) groups excluding carboxylic acids is 3. The van der Waals surface area contributed by atoms with Crippen LogP contribution in [0.1, 0.15) is 35.2 Å². The highest BCUT2D eigenvalue weighted by Crippen LogP contribution is 2.40. The molecule has 1 saturated heterocycles. The number of nitrogens with zero attached hydrogens (tertiary/aromatic N) is 1. The summed E-state index contributed by atoms with van der Waals surface area (Å²) in [6, 6.07) is 8.03. The van der Waals surface area contributed by atoms with Crippen LogP contribution < -0.4 is 14.4 Å². The molecule has 0 radical (unpaired) electrons. The first kappa shape index (κ1) is 18.6. The van der Waals surface area contributed by atoms with Crippen LogP contribution in [0.15, 0.2) is 30.3 Å². The number of carbonyl (C=O) groups is 3. The number of rotatable bonds is 4. The summed E-state index contributed by atoms with van der Waals surface area (Å²) in [5.41, 5.74) is 3.90. The summed E-state index contributed by atoms with van der Waals surface area (Å²) < 4.78 is 10.6. The predicted molar refractivity (Wildman–Crippen MR) is 100 cm³/mol. The van der Waals surface area contributed by atoms with Crippen molar-refractivity contribution in [3.63, 3.8) is 0 Å². The summed E-state index contributed by atoms with van der Waals surface area (Å²) in [6.07, 6.45) is 0. The lowest BCUT2D eigenvalue weighted by atomic mass is 9.90. The number of benzene rings is 2. The van der Waals surface area contributed by atoms with Gasteiger partial charge in [0, 0.05) is 18.7 Å². The molecule has 140 valence electrons. The smallest absolute Gasteiger partial charge is 0.308 e. The SMILES string of the molecule is COc1cc(N2C(=O)C(=O)[C@@H]2c2ccc(C)c(OC(C)=O)c2)cc(C)c1C. The molecule has 0 aromatic heterocycles. The second kappa shape index (κ2) is 6.87. The standard InChI is InChI=1S/C21H21NO5/c1-11-6-7-15(9-17(11)27-14(4)23)19-20(24)21(25)22(19)16-8-12(2)13(3)18(10-16)26-5/h6-10,19H,1-5H3/t19-/m0/s1. The van der Waals surface area contributed by atoms with Crippen LogP contribution >= 0.6 is 0 Å². The molecular weight excluding hydrogens is 346 g/mol. The van der Waals surface area contributed by atoms with Gasteiger partial charge in [-0.25, -0.2) is 0 Å². The summed E-state index contributed by atoms with van der Waals surface area (Å²) >= 11 is 0. The molecule has 0 bridgehead atoms. The molecule has 1 amide bonds. The van der Waals surface area contributed by atoms with Gasteiger partial charge in [-0.3, -0.25) is 19.3 Å². The number of Topliss-reactive ketones (excluding diaryl/α,β-unsaturated/α-hetero) is 1.